The van der Waals surface area contributed by atoms with Crippen molar-refractivity contribution in [3.63, 3.8) is 0 Å². The molecule has 170 valence electrons. The van der Waals surface area contributed by atoms with Crippen LogP contribution in [0, 0.1) is 0 Å². The predicted octanol–water partition coefficient (Wildman–Crippen LogP) is 8.11. The molecule has 1 heterocycles. The quantitative estimate of drug-likeness (QED) is 0.248. The molecule has 1 aliphatic carbocycles. The summed E-state index contributed by atoms with van der Waals surface area (Å²) < 4.78 is 7.65. The number of allylic oxidation sites excluding steroid dienone is 1. The van der Waals surface area contributed by atoms with E-state index in [1.54, 1.807) is 13.2 Å². The molecule has 6 heteroatoms. The lowest BCUT2D eigenvalue weighted by Gasteiger charge is -2.21. The van der Waals surface area contributed by atoms with Crippen LogP contribution in [0.2, 0.25) is 10.0 Å². The second kappa shape index (κ2) is 9.75. The van der Waals surface area contributed by atoms with E-state index in [0.29, 0.717) is 16.5 Å². The summed E-state index contributed by atoms with van der Waals surface area (Å²) >= 11 is 14.3. The summed E-state index contributed by atoms with van der Waals surface area (Å²) in [5.41, 5.74) is 6.20. The molecule has 0 aliphatic heterocycles. The molecule has 5 rings (SSSR count). The van der Waals surface area contributed by atoms with Gasteiger partial charge in [-0.15, -0.1) is 0 Å². The molecule has 3 nitrogen and oxygen atoms in total. The molecule has 3 aromatic carbocycles. The Labute approximate surface area is 213 Å². The summed E-state index contributed by atoms with van der Waals surface area (Å²) in [7, 11) is 1.66. The van der Waals surface area contributed by atoms with E-state index in [0.717, 1.165) is 62.0 Å². The number of rotatable bonds is 6. The van der Waals surface area contributed by atoms with Crippen molar-refractivity contribution >= 4 is 46.2 Å². The third-order valence-corrected chi connectivity index (χ3v) is 8.12. The van der Waals surface area contributed by atoms with Crippen LogP contribution >= 0.6 is 35.0 Å². The van der Waals surface area contributed by atoms with Crippen molar-refractivity contribution in [2.24, 2.45) is 0 Å². The molecule has 0 N–H and O–H groups in total. The van der Waals surface area contributed by atoms with Crippen molar-refractivity contribution in [1.29, 1.82) is 0 Å². The fourth-order valence-electron chi connectivity index (χ4n) is 4.29. The van der Waals surface area contributed by atoms with E-state index in [9.17, 15) is 4.79 Å². The SMILES string of the molecule is COc1ccc(-n2c(-c3ccccc3)cc3c2CCC(C=O)=C3Sc2cccc(Cl)c2Cl)cc1. The fourth-order valence-corrected chi connectivity index (χ4v) is 5.89. The molecule has 0 fully saturated rings. The Kier molecular flexibility index (Phi) is 6.55. The molecule has 0 amide bonds. The van der Waals surface area contributed by atoms with Gasteiger partial charge in [0.1, 0.15) is 12.0 Å². The van der Waals surface area contributed by atoms with Crippen molar-refractivity contribution in [2.75, 3.05) is 7.11 Å². The number of hydrogen-bond acceptors (Lipinski definition) is 3. The third kappa shape index (κ3) is 4.18. The highest BCUT2D eigenvalue weighted by Crippen LogP contribution is 2.48. The summed E-state index contributed by atoms with van der Waals surface area (Å²) in [6, 6.07) is 26.1. The van der Waals surface area contributed by atoms with Crippen molar-refractivity contribution in [3.05, 3.63) is 106 Å². The molecular weight excluding hydrogens is 485 g/mol. The lowest BCUT2D eigenvalue weighted by Crippen LogP contribution is -2.09. The number of carbonyl (C=O) groups excluding carboxylic acids is 1. The highest BCUT2D eigenvalue weighted by molar-refractivity contribution is 8.08. The Morgan fingerprint density at radius 3 is 2.41 bits per heavy atom. The number of thioether (sulfide) groups is 1. The first-order valence-corrected chi connectivity index (χ1v) is 12.4. The molecule has 4 aromatic rings. The Balaban J connectivity index is 1.71. The Bertz CT molecular complexity index is 1390. The monoisotopic (exact) mass is 505 g/mol. The number of aromatic nitrogens is 1. The molecule has 0 spiro atoms. The van der Waals surface area contributed by atoms with E-state index in [1.165, 1.54) is 11.8 Å². The normalized spacial score (nSPS) is 13.0. The van der Waals surface area contributed by atoms with Gasteiger partial charge in [0.15, 0.2) is 0 Å². The summed E-state index contributed by atoms with van der Waals surface area (Å²) in [6.07, 6.45) is 2.39. The lowest BCUT2D eigenvalue weighted by molar-refractivity contribution is -0.105. The summed E-state index contributed by atoms with van der Waals surface area (Å²) in [5.74, 6) is 0.806. The van der Waals surface area contributed by atoms with Crippen molar-refractivity contribution in [2.45, 2.75) is 17.7 Å². The molecule has 0 unspecified atom stereocenters. The van der Waals surface area contributed by atoms with Crippen LogP contribution in [0.25, 0.3) is 21.8 Å². The zero-order valence-corrected chi connectivity index (χ0v) is 20.8. The van der Waals surface area contributed by atoms with E-state index in [1.807, 2.05) is 42.5 Å². The third-order valence-electron chi connectivity index (χ3n) is 5.94. The van der Waals surface area contributed by atoms with Crippen LogP contribution in [0.3, 0.4) is 0 Å². The maximum Gasteiger partial charge on any atom is 0.147 e. The predicted molar refractivity (Wildman–Crippen MR) is 141 cm³/mol. The molecule has 0 radical (unpaired) electrons. The maximum absolute atomic E-state index is 12.1. The van der Waals surface area contributed by atoms with Crippen LogP contribution in [0.5, 0.6) is 5.75 Å². The number of fused-ring (bicyclic) bond motifs is 1. The van der Waals surface area contributed by atoms with Crippen molar-refractivity contribution < 1.29 is 9.53 Å². The zero-order chi connectivity index (χ0) is 23.7. The minimum atomic E-state index is 0.497. The van der Waals surface area contributed by atoms with E-state index in [2.05, 4.69) is 34.9 Å². The molecule has 1 aromatic heterocycles. The summed E-state index contributed by atoms with van der Waals surface area (Å²) in [5, 5.41) is 0.994. The number of nitrogens with zero attached hydrogens (tertiary/aromatic N) is 1. The van der Waals surface area contributed by atoms with Gasteiger partial charge in [0.25, 0.3) is 0 Å². The second-order valence-corrected chi connectivity index (χ2v) is 9.75. The van der Waals surface area contributed by atoms with Crippen LogP contribution in [-0.4, -0.2) is 18.0 Å². The highest BCUT2D eigenvalue weighted by atomic mass is 35.5. The van der Waals surface area contributed by atoms with E-state index in [-0.39, 0.29) is 0 Å². The van der Waals surface area contributed by atoms with Crippen LogP contribution in [0.15, 0.2) is 89.3 Å². The lowest BCUT2D eigenvalue weighted by atomic mass is 9.98. The van der Waals surface area contributed by atoms with Gasteiger partial charge in [-0.1, -0.05) is 71.4 Å². The molecule has 0 atom stereocenters. The average molecular weight is 506 g/mol. The molecule has 34 heavy (non-hydrogen) atoms. The smallest absolute Gasteiger partial charge is 0.147 e. The van der Waals surface area contributed by atoms with Gasteiger partial charge >= 0.3 is 0 Å². The van der Waals surface area contributed by atoms with Gasteiger partial charge in [0.2, 0.25) is 0 Å². The van der Waals surface area contributed by atoms with Crippen LogP contribution < -0.4 is 4.74 Å². The molecule has 1 aliphatic rings. The largest absolute Gasteiger partial charge is 0.497 e. The summed E-state index contributed by atoms with van der Waals surface area (Å²) in [4.78, 5) is 13.8. The topological polar surface area (TPSA) is 31.2 Å². The minimum absolute atomic E-state index is 0.497. The van der Waals surface area contributed by atoms with E-state index in [4.69, 9.17) is 27.9 Å². The Hall–Kier alpha value is -2.92. The molecule has 0 saturated carbocycles. The maximum atomic E-state index is 12.1. The number of benzene rings is 3. The van der Waals surface area contributed by atoms with Crippen LogP contribution in [0.4, 0.5) is 0 Å². The van der Waals surface area contributed by atoms with E-state index < -0.39 is 0 Å². The highest BCUT2D eigenvalue weighted by Gasteiger charge is 2.27. The van der Waals surface area contributed by atoms with Crippen LogP contribution in [0.1, 0.15) is 17.7 Å². The van der Waals surface area contributed by atoms with Gasteiger partial charge in [-0.2, -0.15) is 0 Å². The van der Waals surface area contributed by atoms with Gasteiger partial charge in [-0.25, -0.2) is 0 Å². The van der Waals surface area contributed by atoms with Crippen molar-refractivity contribution in [3.8, 4) is 22.7 Å². The van der Waals surface area contributed by atoms with Gasteiger partial charge in [0.05, 0.1) is 22.8 Å². The number of carbonyl (C=O) groups is 1. The number of hydrogen-bond donors (Lipinski definition) is 0. The first-order chi connectivity index (χ1) is 16.6. The van der Waals surface area contributed by atoms with Gasteiger partial charge in [-0.3, -0.25) is 4.79 Å². The minimum Gasteiger partial charge on any atom is -0.497 e. The Morgan fingerprint density at radius 1 is 0.941 bits per heavy atom. The number of ether oxygens (including phenoxy) is 1. The average Bonchev–Trinajstić information content (AvgIpc) is 3.27. The number of halogens is 2. The van der Waals surface area contributed by atoms with E-state index >= 15 is 0 Å². The first-order valence-electron chi connectivity index (χ1n) is 10.9. The fraction of sp³-hybridized carbons (Fsp3) is 0.107. The molecule has 0 saturated heterocycles. The molecular formula is C28H21Cl2NO2S. The standard InChI is InChI=1S/C28H21Cl2NO2S/c1-33-21-13-11-20(12-14-21)31-24-15-10-19(17-32)28(34-26-9-5-8-23(29)27(26)30)22(24)16-25(31)18-6-3-2-4-7-18/h2-9,11-14,16-17H,10,15H2,1H3. The zero-order valence-electron chi connectivity index (χ0n) is 18.4. The second-order valence-electron chi connectivity index (χ2n) is 7.92. The first kappa shape index (κ1) is 22.9. The van der Waals surface area contributed by atoms with Gasteiger partial charge in [-0.05, 0) is 60.9 Å². The van der Waals surface area contributed by atoms with Crippen LogP contribution in [-0.2, 0) is 11.2 Å². The van der Waals surface area contributed by atoms with Gasteiger partial charge in [0, 0.05) is 32.3 Å². The Morgan fingerprint density at radius 2 is 1.71 bits per heavy atom. The number of aldehydes is 1. The van der Waals surface area contributed by atoms with Gasteiger partial charge < -0.3 is 9.30 Å². The number of methoxy groups -OCH3 is 1. The summed E-state index contributed by atoms with van der Waals surface area (Å²) in [6.45, 7) is 0. The van der Waals surface area contributed by atoms with Crippen molar-refractivity contribution in [1.82, 2.24) is 4.57 Å². The molecule has 0 bridgehead atoms.